The Kier molecular flexibility index (Phi) is 6.45. The average molecular weight is 299 g/mol. The molecule has 1 aliphatic rings. The lowest BCUT2D eigenvalue weighted by Crippen LogP contribution is -2.52. The van der Waals surface area contributed by atoms with E-state index in [2.05, 4.69) is 24.3 Å². The number of carbonyl (C=O) groups excluding carboxylic acids is 1. The molecule has 0 saturated heterocycles. The first-order valence-electron chi connectivity index (χ1n) is 7.63. The molecule has 6 nitrogen and oxygen atoms in total. The van der Waals surface area contributed by atoms with Crippen LogP contribution in [0, 0.1) is 10.8 Å². The van der Waals surface area contributed by atoms with E-state index >= 15 is 0 Å². The summed E-state index contributed by atoms with van der Waals surface area (Å²) >= 11 is 0. The Morgan fingerprint density at radius 1 is 1.38 bits per heavy atom. The molecule has 122 valence electrons. The van der Waals surface area contributed by atoms with Gasteiger partial charge < -0.3 is 21.0 Å². The standard InChI is InChI=1S/C15H29N3O3/c1-14(2,9-10-21-3)11-17-13(19)15(12(16)18-20)7-5-4-6-8-15/h20H,4-11H2,1-3H3,(H2,16,18)(H,17,19). The van der Waals surface area contributed by atoms with Crippen molar-refractivity contribution in [2.24, 2.45) is 21.7 Å². The van der Waals surface area contributed by atoms with Crippen LogP contribution in [-0.2, 0) is 9.53 Å². The highest BCUT2D eigenvalue weighted by molar-refractivity contribution is 6.06. The topological polar surface area (TPSA) is 96.9 Å². The van der Waals surface area contributed by atoms with Crippen molar-refractivity contribution in [1.82, 2.24) is 5.32 Å². The lowest BCUT2D eigenvalue weighted by atomic mass is 9.72. The minimum Gasteiger partial charge on any atom is -0.409 e. The van der Waals surface area contributed by atoms with E-state index < -0.39 is 5.41 Å². The minimum absolute atomic E-state index is 0.0365. The molecule has 0 aromatic heterocycles. The number of oxime groups is 1. The predicted molar refractivity (Wildman–Crippen MR) is 82.2 cm³/mol. The van der Waals surface area contributed by atoms with Gasteiger partial charge in [0.1, 0.15) is 5.41 Å². The Morgan fingerprint density at radius 3 is 2.52 bits per heavy atom. The first kappa shape index (κ1) is 17.8. The summed E-state index contributed by atoms with van der Waals surface area (Å²) in [6.07, 6.45) is 5.10. The van der Waals surface area contributed by atoms with Crippen LogP contribution in [0.15, 0.2) is 5.16 Å². The summed E-state index contributed by atoms with van der Waals surface area (Å²) in [5, 5.41) is 15.1. The SMILES string of the molecule is COCCC(C)(C)CNC(=O)C1(C(N)=NO)CCCCC1. The van der Waals surface area contributed by atoms with Crippen LogP contribution in [0.1, 0.15) is 52.4 Å². The van der Waals surface area contributed by atoms with Gasteiger partial charge in [-0.3, -0.25) is 4.79 Å². The zero-order valence-corrected chi connectivity index (χ0v) is 13.4. The Hall–Kier alpha value is -1.30. The fraction of sp³-hybridized carbons (Fsp3) is 0.867. The van der Waals surface area contributed by atoms with Crippen molar-refractivity contribution < 1.29 is 14.7 Å². The van der Waals surface area contributed by atoms with Crippen molar-refractivity contribution in [2.45, 2.75) is 52.4 Å². The molecule has 0 aliphatic heterocycles. The molecule has 21 heavy (non-hydrogen) atoms. The Morgan fingerprint density at radius 2 is 2.00 bits per heavy atom. The molecular formula is C15H29N3O3. The maximum atomic E-state index is 12.6. The summed E-state index contributed by atoms with van der Waals surface area (Å²) in [6, 6.07) is 0. The molecule has 1 amide bonds. The van der Waals surface area contributed by atoms with Crippen LogP contribution in [-0.4, -0.2) is 37.2 Å². The third kappa shape index (κ3) is 4.59. The number of methoxy groups -OCH3 is 1. The maximum Gasteiger partial charge on any atom is 0.233 e. The number of amidine groups is 1. The van der Waals surface area contributed by atoms with E-state index in [-0.39, 0.29) is 17.2 Å². The normalized spacial score (nSPS) is 19.3. The minimum atomic E-state index is -0.843. The molecule has 0 aromatic carbocycles. The van der Waals surface area contributed by atoms with Gasteiger partial charge in [-0.2, -0.15) is 0 Å². The van der Waals surface area contributed by atoms with E-state index in [1.165, 1.54) is 0 Å². The summed E-state index contributed by atoms with van der Waals surface area (Å²) in [6.45, 7) is 5.39. The Balaban J connectivity index is 2.70. The van der Waals surface area contributed by atoms with Gasteiger partial charge in [-0.05, 0) is 24.7 Å². The number of nitrogens with two attached hydrogens (primary N) is 1. The second kappa shape index (κ2) is 7.64. The molecule has 0 heterocycles. The van der Waals surface area contributed by atoms with Gasteiger partial charge in [-0.1, -0.05) is 38.3 Å². The molecular weight excluding hydrogens is 270 g/mol. The molecule has 0 atom stereocenters. The summed E-state index contributed by atoms with van der Waals surface area (Å²) in [5.41, 5.74) is 4.93. The number of amides is 1. The highest BCUT2D eigenvalue weighted by Gasteiger charge is 2.44. The van der Waals surface area contributed by atoms with E-state index in [1.807, 2.05) is 0 Å². The molecule has 1 fully saturated rings. The number of ether oxygens (including phenoxy) is 1. The van der Waals surface area contributed by atoms with Gasteiger partial charge in [0.25, 0.3) is 0 Å². The van der Waals surface area contributed by atoms with Crippen molar-refractivity contribution >= 4 is 11.7 Å². The summed E-state index contributed by atoms with van der Waals surface area (Å²) < 4.78 is 5.09. The Labute approximate surface area is 127 Å². The third-order valence-corrected chi connectivity index (χ3v) is 4.45. The van der Waals surface area contributed by atoms with Crippen molar-refractivity contribution in [3.05, 3.63) is 0 Å². The van der Waals surface area contributed by atoms with Gasteiger partial charge in [-0.15, -0.1) is 0 Å². The molecule has 4 N–H and O–H groups in total. The first-order chi connectivity index (χ1) is 9.88. The second-order valence-corrected chi connectivity index (χ2v) is 6.72. The van der Waals surface area contributed by atoms with Crippen LogP contribution in [0.3, 0.4) is 0 Å². The zero-order valence-electron chi connectivity index (χ0n) is 13.4. The van der Waals surface area contributed by atoms with E-state index in [1.54, 1.807) is 7.11 Å². The average Bonchev–Trinajstić information content (AvgIpc) is 2.50. The first-order valence-corrected chi connectivity index (χ1v) is 7.63. The number of carbonyl (C=O) groups is 1. The lowest BCUT2D eigenvalue weighted by molar-refractivity contribution is -0.129. The Bertz CT molecular complexity index is 374. The fourth-order valence-corrected chi connectivity index (χ4v) is 2.81. The van der Waals surface area contributed by atoms with Crippen molar-refractivity contribution in [3.8, 4) is 0 Å². The van der Waals surface area contributed by atoms with E-state index in [9.17, 15) is 4.79 Å². The summed E-state index contributed by atoms with van der Waals surface area (Å²) in [4.78, 5) is 12.6. The van der Waals surface area contributed by atoms with Gasteiger partial charge in [0.2, 0.25) is 5.91 Å². The quantitative estimate of drug-likeness (QED) is 0.289. The van der Waals surface area contributed by atoms with Crippen LogP contribution in [0.25, 0.3) is 0 Å². The lowest BCUT2D eigenvalue weighted by Gasteiger charge is -2.35. The molecule has 0 aromatic rings. The van der Waals surface area contributed by atoms with Crippen LogP contribution in [0.5, 0.6) is 0 Å². The van der Waals surface area contributed by atoms with E-state index in [0.29, 0.717) is 26.0 Å². The number of rotatable bonds is 7. The maximum absolute atomic E-state index is 12.6. The zero-order chi connectivity index (χ0) is 15.9. The van der Waals surface area contributed by atoms with Crippen LogP contribution in [0.4, 0.5) is 0 Å². The number of hydrogen-bond donors (Lipinski definition) is 3. The van der Waals surface area contributed by atoms with Crippen LogP contribution < -0.4 is 11.1 Å². The number of hydrogen-bond acceptors (Lipinski definition) is 4. The van der Waals surface area contributed by atoms with Gasteiger partial charge in [-0.25, -0.2) is 0 Å². The highest BCUT2D eigenvalue weighted by Crippen LogP contribution is 2.37. The summed E-state index contributed by atoms with van der Waals surface area (Å²) in [5.74, 6) is -0.0858. The molecule has 0 bridgehead atoms. The molecule has 1 saturated carbocycles. The van der Waals surface area contributed by atoms with E-state index in [0.717, 1.165) is 25.7 Å². The molecule has 0 unspecified atom stereocenters. The molecule has 6 heteroatoms. The highest BCUT2D eigenvalue weighted by atomic mass is 16.5. The largest absolute Gasteiger partial charge is 0.409 e. The molecule has 0 spiro atoms. The van der Waals surface area contributed by atoms with Crippen molar-refractivity contribution in [1.29, 1.82) is 0 Å². The van der Waals surface area contributed by atoms with Gasteiger partial charge >= 0.3 is 0 Å². The van der Waals surface area contributed by atoms with Crippen molar-refractivity contribution in [2.75, 3.05) is 20.3 Å². The fourth-order valence-electron chi connectivity index (χ4n) is 2.81. The van der Waals surface area contributed by atoms with Gasteiger partial charge in [0, 0.05) is 20.3 Å². The molecule has 0 radical (unpaired) electrons. The molecule has 1 rings (SSSR count). The predicted octanol–water partition coefficient (Wildman–Crippen LogP) is 1.86. The van der Waals surface area contributed by atoms with Gasteiger partial charge in [0.15, 0.2) is 5.84 Å². The summed E-state index contributed by atoms with van der Waals surface area (Å²) in [7, 11) is 1.67. The second-order valence-electron chi connectivity index (χ2n) is 6.72. The smallest absolute Gasteiger partial charge is 0.233 e. The monoisotopic (exact) mass is 299 g/mol. The van der Waals surface area contributed by atoms with Gasteiger partial charge in [0.05, 0.1) is 0 Å². The van der Waals surface area contributed by atoms with E-state index in [4.69, 9.17) is 15.7 Å². The van der Waals surface area contributed by atoms with Crippen LogP contribution in [0.2, 0.25) is 0 Å². The number of nitrogens with zero attached hydrogens (tertiary/aromatic N) is 1. The number of nitrogens with one attached hydrogen (secondary N) is 1. The van der Waals surface area contributed by atoms with Crippen molar-refractivity contribution in [3.63, 3.8) is 0 Å². The molecule has 1 aliphatic carbocycles. The third-order valence-electron chi connectivity index (χ3n) is 4.45. The van der Waals surface area contributed by atoms with Crippen LogP contribution >= 0.6 is 0 Å².